The Morgan fingerprint density at radius 1 is 1.29 bits per heavy atom. The van der Waals surface area contributed by atoms with Crippen molar-refractivity contribution in [1.29, 1.82) is 0 Å². The molecule has 1 heterocycles. The van der Waals surface area contributed by atoms with E-state index in [1.165, 1.54) is 25.6 Å². The lowest BCUT2D eigenvalue weighted by Crippen LogP contribution is -2.08. The first-order valence-corrected chi connectivity index (χ1v) is 4.87. The summed E-state index contributed by atoms with van der Waals surface area (Å²) in [5.41, 5.74) is 3.10. The molecule has 2 aromatic rings. The summed E-state index contributed by atoms with van der Waals surface area (Å²) in [6.45, 7) is 0. The lowest BCUT2D eigenvalue weighted by atomic mass is 10.1. The number of hydrogen-bond donors (Lipinski definition) is 2. The highest BCUT2D eigenvalue weighted by Gasteiger charge is 2.08. The number of nitrogens with zero attached hydrogens (tertiary/aromatic N) is 2. The smallest absolute Gasteiger partial charge is 0.158 e. The molecule has 17 heavy (non-hydrogen) atoms. The summed E-state index contributed by atoms with van der Waals surface area (Å²) in [7, 11) is 1.52. The molecule has 0 amide bonds. The van der Waals surface area contributed by atoms with Crippen molar-refractivity contribution in [1.82, 2.24) is 9.97 Å². The number of methoxy groups -OCH3 is 1. The Bertz CT molecular complexity index is 515. The molecule has 1 aromatic heterocycles. The molecule has 0 bridgehead atoms. The normalized spacial score (nSPS) is 10.1. The first-order valence-electron chi connectivity index (χ1n) is 4.87. The number of nitrogens with one attached hydrogen (secondary N) is 1. The minimum Gasteiger partial charge on any atom is -0.497 e. The van der Waals surface area contributed by atoms with Gasteiger partial charge in [0, 0.05) is 5.56 Å². The molecule has 0 atom stereocenters. The third-order valence-electron chi connectivity index (χ3n) is 2.25. The number of hydrazine groups is 1. The minimum atomic E-state index is -0.381. The zero-order valence-electron chi connectivity index (χ0n) is 9.14. The summed E-state index contributed by atoms with van der Waals surface area (Å²) in [6, 6.07) is 4.43. The van der Waals surface area contributed by atoms with E-state index in [4.69, 9.17) is 10.6 Å². The highest BCUT2D eigenvalue weighted by atomic mass is 19.1. The fourth-order valence-corrected chi connectivity index (χ4v) is 1.37. The van der Waals surface area contributed by atoms with Gasteiger partial charge in [-0.25, -0.2) is 15.2 Å². The van der Waals surface area contributed by atoms with Crippen molar-refractivity contribution in [3.05, 3.63) is 36.4 Å². The van der Waals surface area contributed by atoms with Gasteiger partial charge in [-0.1, -0.05) is 0 Å². The zero-order chi connectivity index (χ0) is 12.3. The quantitative estimate of drug-likeness (QED) is 0.623. The predicted molar refractivity (Wildman–Crippen MR) is 61.8 cm³/mol. The summed E-state index contributed by atoms with van der Waals surface area (Å²) < 4.78 is 18.6. The molecule has 0 saturated heterocycles. The lowest BCUT2D eigenvalue weighted by molar-refractivity contribution is 0.414. The lowest BCUT2D eigenvalue weighted by Gasteiger charge is -2.06. The minimum absolute atomic E-state index is 0.334. The number of benzene rings is 1. The molecule has 1 aromatic carbocycles. The number of halogens is 1. The van der Waals surface area contributed by atoms with Gasteiger partial charge in [-0.15, -0.1) is 0 Å². The van der Waals surface area contributed by atoms with Crippen LogP contribution in [0.15, 0.2) is 30.6 Å². The molecule has 88 valence electrons. The summed E-state index contributed by atoms with van der Waals surface area (Å²) in [4.78, 5) is 8.02. The zero-order valence-corrected chi connectivity index (χ0v) is 9.14. The molecule has 0 aliphatic carbocycles. The Morgan fingerprint density at radius 3 is 2.71 bits per heavy atom. The van der Waals surface area contributed by atoms with Crippen LogP contribution < -0.4 is 16.0 Å². The second kappa shape index (κ2) is 4.75. The van der Waals surface area contributed by atoms with Crippen LogP contribution in [0.1, 0.15) is 0 Å². The van der Waals surface area contributed by atoms with Gasteiger partial charge in [-0.3, -0.25) is 4.98 Å². The van der Waals surface area contributed by atoms with E-state index in [0.717, 1.165) is 0 Å². The van der Waals surface area contributed by atoms with Crippen molar-refractivity contribution in [2.24, 2.45) is 5.84 Å². The van der Waals surface area contributed by atoms with Gasteiger partial charge in [-0.2, -0.15) is 0 Å². The molecule has 0 radical (unpaired) electrons. The Morgan fingerprint density at radius 2 is 2.12 bits per heavy atom. The molecule has 2 rings (SSSR count). The van der Waals surface area contributed by atoms with Gasteiger partial charge in [0.15, 0.2) is 5.82 Å². The number of aromatic nitrogens is 2. The van der Waals surface area contributed by atoms with Gasteiger partial charge in [0.1, 0.15) is 11.6 Å². The molecule has 5 nitrogen and oxygen atoms in total. The topological polar surface area (TPSA) is 73.1 Å². The summed E-state index contributed by atoms with van der Waals surface area (Å²) in [5, 5.41) is 0. The Labute approximate surface area is 97.4 Å². The van der Waals surface area contributed by atoms with E-state index in [0.29, 0.717) is 22.8 Å². The number of nitrogen functional groups attached to an aromatic ring is 1. The molecule has 0 saturated carbocycles. The monoisotopic (exact) mass is 234 g/mol. The first kappa shape index (κ1) is 11.3. The SMILES string of the molecule is COc1ccc(F)c(-c2cnc(NN)cn2)c1. The van der Waals surface area contributed by atoms with E-state index in [-0.39, 0.29) is 5.82 Å². The van der Waals surface area contributed by atoms with Gasteiger partial charge in [0.05, 0.1) is 25.2 Å². The van der Waals surface area contributed by atoms with Crippen LogP contribution in [0.5, 0.6) is 5.75 Å². The summed E-state index contributed by atoms with van der Waals surface area (Å²) in [5.74, 6) is 5.76. The molecule has 0 unspecified atom stereocenters. The van der Waals surface area contributed by atoms with Crippen LogP contribution in [0.25, 0.3) is 11.3 Å². The van der Waals surface area contributed by atoms with Gasteiger partial charge in [0.2, 0.25) is 0 Å². The number of anilines is 1. The largest absolute Gasteiger partial charge is 0.497 e. The van der Waals surface area contributed by atoms with E-state index in [9.17, 15) is 4.39 Å². The number of nitrogens with two attached hydrogens (primary N) is 1. The fraction of sp³-hybridized carbons (Fsp3) is 0.0909. The maximum absolute atomic E-state index is 13.6. The van der Waals surface area contributed by atoms with Crippen LogP contribution in [0.4, 0.5) is 10.2 Å². The molecule has 0 spiro atoms. The second-order valence-corrected chi connectivity index (χ2v) is 3.28. The van der Waals surface area contributed by atoms with Gasteiger partial charge >= 0.3 is 0 Å². The standard InChI is InChI=1S/C11H11FN4O/c1-17-7-2-3-9(12)8(4-7)10-5-15-11(16-13)6-14-10/h2-6H,13H2,1H3,(H,15,16). The van der Waals surface area contributed by atoms with Crippen LogP contribution in [-0.2, 0) is 0 Å². The fourth-order valence-electron chi connectivity index (χ4n) is 1.37. The number of hydrogen-bond acceptors (Lipinski definition) is 5. The number of rotatable bonds is 3. The predicted octanol–water partition coefficient (Wildman–Crippen LogP) is 1.58. The van der Waals surface area contributed by atoms with Crippen LogP contribution in [0.3, 0.4) is 0 Å². The third kappa shape index (κ3) is 2.31. The maximum Gasteiger partial charge on any atom is 0.158 e. The van der Waals surface area contributed by atoms with Crippen LogP contribution in [-0.4, -0.2) is 17.1 Å². The van der Waals surface area contributed by atoms with Crippen molar-refractivity contribution in [2.75, 3.05) is 12.5 Å². The summed E-state index contributed by atoms with van der Waals surface area (Å²) in [6.07, 6.45) is 2.86. The molecule has 3 N–H and O–H groups in total. The van der Waals surface area contributed by atoms with Gasteiger partial charge in [0.25, 0.3) is 0 Å². The number of ether oxygens (including phenoxy) is 1. The molecule has 0 aliphatic heterocycles. The van der Waals surface area contributed by atoms with Crippen molar-refractivity contribution >= 4 is 5.82 Å². The molecular formula is C11H11FN4O. The highest BCUT2D eigenvalue weighted by Crippen LogP contribution is 2.25. The van der Waals surface area contributed by atoms with Crippen molar-refractivity contribution < 1.29 is 9.13 Å². The molecule has 0 aliphatic rings. The highest BCUT2D eigenvalue weighted by molar-refractivity contribution is 5.61. The van der Waals surface area contributed by atoms with Gasteiger partial charge in [-0.05, 0) is 18.2 Å². The molecule has 0 fully saturated rings. The van der Waals surface area contributed by atoms with E-state index in [1.807, 2.05) is 0 Å². The average molecular weight is 234 g/mol. The Balaban J connectivity index is 2.43. The van der Waals surface area contributed by atoms with Gasteiger partial charge < -0.3 is 10.2 Å². The van der Waals surface area contributed by atoms with E-state index < -0.39 is 0 Å². The third-order valence-corrected chi connectivity index (χ3v) is 2.25. The van der Waals surface area contributed by atoms with E-state index in [2.05, 4.69) is 15.4 Å². The van der Waals surface area contributed by atoms with E-state index >= 15 is 0 Å². The maximum atomic E-state index is 13.6. The first-order chi connectivity index (χ1) is 8.24. The van der Waals surface area contributed by atoms with Crippen molar-refractivity contribution in [2.45, 2.75) is 0 Å². The Kier molecular flexibility index (Phi) is 3.15. The Hall–Kier alpha value is -2.21. The second-order valence-electron chi connectivity index (χ2n) is 3.28. The molecular weight excluding hydrogens is 223 g/mol. The molecule has 6 heteroatoms. The average Bonchev–Trinajstić information content (AvgIpc) is 2.39. The van der Waals surface area contributed by atoms with Crippen LogP contribution in [0.2, 0.25) is 0 Å². The van der Waals surface area contributed by atoms with Crippen molar-refractivity contribution in [3.63, 3.8) is 0 Å². The van der Waals surface area contributed by atoms with E-state index in [1.54, 1.807) is 12.1 Å². The summed E-state index contributed by atoms with van der Waals surface area (Å²) >= 11 is 0. The van der Waals surface area contributed by atoms with Crippen molar-refractivity contribution in [3.8, 4) is 17.0 Å². The van der Waals surface area contributed by atoms with Crippen LogP contribution in [0, 0.1) is 5.82 Å². The van der Waals surface area contributed by atoms with Crippen LogP contribution >= 0.6 is 0 Å².